The van der Waals surface area contributed by atoms with Gasteiger partial charge in [0.15, 0.2) is 0 Å². The maximum absolute atomic E-state index is 14.3. The number of hydrogen-bond donors (Lipinski definition) is 2. The Labute approximate surface area is 282 Å². The number of fused-ring (bicyclic) bond motifs is 1. The SMILES string of the molecule is CC(NCC(=O)OCc1ccccc1)C(=O)NC(C(=O)N1CCC2C1C(OCc1ccc(F)cc1)CN2C(=O)OC(C)(C)C)C(C)(C)C. The molecule has 3 amide bonds. The number of rotatable bonds is 11. The number of nitrogens with zero attached hydrogens (tertiary/aromatic N) is 2. The highest BCUT2D eigenvalue weighted by atomic mass is 19.1. The summed E-state index contributed by atoms with van der Waals surface area (Å²) in [5.74, 6) is -1.60. The van der Waals surface area contributed by atoms with Crippen molar-refractivity contribution in [3.8, 4) is 0 Å². The Balaban J connectivity index is 1.44. The van der Waals surface area contributed by atoms with Crippen LogP contribution in [0.2, 0.25) is 0 Å². The van der Waals surface area contributed by atoms with Crippen molar-refractivity contribution in [2.45, 2.75) is 104 Å². The zero-order valence-electron chi connectivity index (χ0n) is 29.0. The molecule has 2 aromatic carbocycles. The maximum Gasteiger partial charge on any atom is 0.410 e. The fraction of sp³-hybridized carbons (Fsp3) is 0.556. The maximum atomic E-state index is 14.3. The van der Waals surface area contributed by atoms with Gasteiger partial charge < -0.3 is 29.3 Å². The summed E-state index contributed by atoms with van der Waals surface area (Å²) >= 11 is 0. The zero-order chi connectivity index (χ0) is 35.2. The van der Waals surface area contributed by atoms with Crippen molar-refractivity contribution in [2.75, 3.05) is 19.6 Å². The van der Waals surface area contributed by atoms with Gasteiger partial charge in [0.25, 0.3) is 0 Å². The summed E-state index contributed by atoms with van der Waals surface area (Å²) in [7, 11) is 0. The summed E-state index contributed by atoms with van der Waals surface area (Å²) in [6.07, 6.45) is -0.514. The average Bonchev–Trinajstić information content (AvgIpc) is 3.61. The molecule has 0 aliphatic carbocycles. The number of carbonyl (C=O) groups is 4. The molecule has 0 radical (unpaired) electrons. The van der Waals surface area contributed by atoms with Crippen LogP contribution >= 0.6 is 0 Å². The molecule has 4 rings (SSSR count). The smallest absolute Gasteiger partial charge is 0.410 e. The van der Waals surface area contributed by atoms with Crippen molar-refractivity contribution in [3.05, 3.63) is 71.5 Å². The van der Waals surface area contributed by atoms with Gasteiger partial charge in [-0.3, -0.25) is 19.7 Å². The summed E-state index contributed by atoms with van der Waals surface area (Å²) < 4.78 is 30.8. The average molecular weight is 669 g/mol. The van der Waals surface area contributed by atoms with Crippen LogP contribution in [-0.2, 0) is 41.8 Å². The Hall–Kier alpha value is -4.03. The summed E-state index contributed by atoms with van der Waals surface area (Å²) in [4.78, 5) is 56.6. The third-order valence-corrected chi connectivity index (χ3v) is 8.45. The largest absolute Gasteiger partial charge is 0.460 e. The van der Waals surface area contributed by atoms with Crippen molar-refractivity contribution in [1.82, 2.24) is 20.4 Å². The number of nitrogens with one attached hydrogen (secondary N) is 2. The number of ether oxygens (including phenoxy) is 3. The molecule has 48 heavy (non-hydrogen) atoms. The van der Waals surface area contributed by atoms with Crippen LogP contribution in [0.25, 0.3) is 0 Å². The lowest BCUT2D eigenvalue weighted by Gasteiger charge is -2.37. The molecule has 2 saturated heterocycles. The van der Waals surface area contributed by atoms with E-state index in [1.807, 2.05) is 51.1 Å². The predicted octanol–water partition coefficient (Wildman–Crippen LogP) is 4.18. The van der Waals surface area contributed by atoms with Crippen LogP contribution < -0.4 is 10.6 Å². The first-order chi connectivity index (χ1) is 22.5. The topological polar surface area (TPSA) is 127 Å². The van der Waals surface area contributed by atoms with E-state index < -0.39 is 53.2 Å². The molecule has 2 N–H and O–H groups in total. The monoisotopic (exact) mass is 668 g/mol. The van der Waals surface area contributed by atoms with Gasteiger partial charge in [0.1, 0.15) is 24.1 Å². The number of amides is 3. The minimum atomic E-state index is -0.911. The van der Waals surface area contributed by atoms with E-state index in [9.17, 15) is 23.6 Å². The molecule has 262 valence electrons. The highest BCUT2D eigenvalue weighted by molar-refractivity contribution is 5.91. The second kappa shape index (κ2) is 15.5. The molecule has 11 nitrogen and oxygen atoms in total. The molecule has 2 aromatic rings. The van der Waals surface area contributed by atoms with Gasteiger partial charge in [-0.15, -0.1) is 0 Å². The lowest BCUT2D eigenvalue weighted by atomic mass is 9.85. The molecule has 0 spiro atoms. The molecule has 2 heterocycles. The van der Waals surface area contributed by atoms with E-state index in [1.54, 1.807) is 49.6 Å². The summed E-state index contributed by atoms with van der Waals surface area (Å²) in [6.45, 7) is 13.3. The molecule has 2 aliphatic rings. The van der Waals surface area contributed by atoms with Crippen LogP contribution in [0.1, 0.15) is 66.0 Å². The van der Waals surface area contributed by atoms with E-state index in [1.165, 1.54) is 12.1 Å². The number of likely N-dealkylation sites (tertiary alicyclic amines) is 2. The summed E-state index contributed by atoms with van der Waals surface area (Å²) in [5, 5.41) is 5.80. The van der Waals surface area contributed by atoms with E-state index in [-0.39, 0.29) is 44.1 Å². The Morgan fingerprint density at radius 1 is 0.917 bits per heavy atom. The fourth-order valence-electron chi connectivity index (χ4n) is 5.95. The van der Waals surface area contributed by atoms with Gasteiger partial charge in [0, 0.05) is 6.54 Å². The molecular weight excluding hydrogens is 619 g/mol. The molecule has 5 atom stereocenters. The van der Waals surface area contributed by atoms with Gasteiger partial charge in [-0.05, 0) is 62.8 Å². The minimum absolute atomic E-state index is 0.125. The summed E-state index contributed by atoms with van der Waals surface area (Å²) in [5.41, 5.74) is 0.225. The second-order valence-electron chi connectivity index (χ2n) is 14.5. The molecule has 0 saturated carbocycles. The molecule has 12 heteroatoms. The van der Waals surface area contributed by atoms with E-state index in [0.717, 1.165) is 11.1 Å². The van der Waals surface area contributed by atoms with Crippen molar-refractivity contribution in [3.63, 3.8) is 0 Å². The number of hydrogen-bond acceptors (Lipinski definition) is 8. The van der Waals surface area contributed by atoms with Crippen molar-refractivity contribution in [2.24, 2.45) is 5.41 Å². The van der Waals surface area contributed by atoms with Crippen LogP contribution in [0.5, 0.6) is 0 Å². The molecule has 2 aliphatic heterocycles. The quantitative estimate of drug-likeness (QED) is 0.342. The number of benzene rings is 2. The van der Waals surface area contributed by atoms with Crippen LogP contribution in [0.4, 0.5) is 9.18 Å². The highest BCUT2D eigenvalue weighted by Crippen LogP contribution is 2.36. The lowest BCUT2D eigenvalue weighted by molar-refractivity contribution is -0.145. The van der Waals surface area contributed by atoms with Crippen LogP contribution in [-0.4, -0.2) is 89.2 Å². The normalized spacial score (nSPS) is 20.5. The number of esters is 1. The molecule has 0 bridgehead atoms. The number of halogens is 1. The third kappa shape index (κ3) is 9.76. The van der Waals surface area contributed by atoms with Gasteiger partial charge >= 0.3 is 12.1 Å². The van der Waals surface area contributed by atoms with E-state index in [0.29, 0.717) is 13.0 Å². The third-order valence-electron chi connectivity index (χ3n) is 8.45. The van der Waals surface area contributed by atoms with Gasteiger partial charge in [-0.1, -0.05) is 63.2 Å². The minimum Gasteiger partial charge on any atom is -0.460 e. The van der Waals surface area contributed by atoms with Gasteiger partial charge in [-0.25, -0.2) is 9.18 Å². The van der Waals surface area contributed by atoms with Crippen LogP contribution in [0, 0.1) is 11.2 Å². The van der Waals surface area contributed by atoms with E-state index >= 15 is 0 Å². The Kier molecular flexibility index (Phi) is 11.9. The van der Waals surface area contributed by atoms with Crippen LogP contribution in [0.3, 0.4) is 0 Å². The van der Waals surface area contributed by atoms with Crippen LogP contribution in [0.15, 0.2) is 54.6 Å². The van der Waals surface area contributed by atoms with Gasteiger partial charge in [-0.2, -0.15) is 0 Å². The predicted molar refractivity (Wildman–Crippen MR) is 177 cm³/mol. The Bertz CT molecular complexity index is 1420. The fourth-order valence-corrected chi connectivity index (χ4v) is 5.95. The summed E-state index contributed by atoms with van der Waals surface area (Å²) in [6, 6.07) is 12.7. The highest BCUT2D eigenvalue weighted by Gasteiger charge is 2.54. The Morgan fingerprint density at radius 2 is 1.56 bits per heavy atom. The molecular formula is C36H49FN4O7. The first-order valence-corrected chi connectivity index (χ1v) is 16.4. The molecule has 0 aromatic heterocycles. The van der Waals surface area contributed by atoms with Gasteiger partial charge in [0.05, 0.1) is 43.9 Å². The van der Waals surface area contributed by atoms with Crippen molar-refractivity contribution in [1.29, 1.82) is 0 Å². The van der Waals surface area contributed by atoms with Gasteiger partial charge in [0.2, 0.25) is 11.8 Å². The van der Waals surface area contributed by atoms with E-state index in [4.69, 9.17) is 14.2 Å². The molecule has 5 unspecified atom stereocenters. The Morgan fingerprint density at radius 3 is 2.19 bits per heavy atom. The van der Waals surface area contributed by atoms with E-state index in [2.05, 4.69) is 10.6 Å². The lowest BCUT2D eigenvalue weighted by Crippen LogP contribution is -2.60. The van der Waals surface area contributed by atoms with Crippen molar-refractivity contribution >= 4 is 23.9 Å². The molecule has 2 fully saturated rings. The first kappa shape index (κ1) is 36.8. The second-order valence-corrected chi connectivity index (χ2v) is 14.5. The van der Waals surface area contributed by atoms with Crippen molar-refractivity contribution < 1.29 is 37.8 Å². The first-order valence-electron chi connectivity index (χ1n) is 16.4. The standard InChI is InChI=1S/C36H49FN4O7/c1-23(38-19-29(42)47-22-24-11-9-8-10-12-24)32(43)39-31(35(2,3)4)33(44)40-18-17-27-30(40)28(20-41(27)34(45)48-36(5,6)7)46-21-25-13-15-26(37)16-14-25/h8-16,23,27-28,30-31,38H,17-22H2,1-7H3,(H,39,43). The number of carbonyl (C=O) groups excluding carboxylic acids is 4. The zero-order valence-corrected chi connectivity index (χ0v) is 29.0.